The van der Waals surface area contributed by atoms with Crippen molar-refractivity contribution in [2.75, 3.05) is 5.32 Å². The first-order valence-electron chi connectivity index (χ1n) is 9.58. The number of carbonyl (C=O) groups is 2. The molecule has 6 heteroatoms. The lowest BCUT2D eigenvalue weighted by molar-refractivity contribution is -0.123. The second-order valence-electron chi connectivity index (χ2n) is 7.21. The zero-order valence-corrected chi connectivity index (χ0v) is 17.0. The molecule has 1 heterocycles. The average Bonchev–Trinajstić information content (AvgIpc) is 3.14. The summed E-state index contributed by atoms with van der Waals surface area (Å²) in [6, 6.07) is 16.4. The first-order chi connectivity index (χ1) is 13.9. The molecule has 0 radical (unpaired) electrons. The van der Waals surface area contributed by atoms with E-state index < -0.39 is 12.1 Å². The van der Waals surface area contributed by atoms with Gasteiger partial charge in [-0.1, -0.05) is 32.0 Å². The van der Waals surface area contributed by atoms with Crippen LogP contribution in [0, 0.1) is 6.92 Å². The predicted octanol–water partition coefficient (Wildman–Crippen LogP) is 4.49. The van der Waals surface area contributed by atoms with Gasteiger partial charge in [-0.2, -0.15) is 5.10 Å². The van der Waals surface area contributed by atoms with E-state index in [0.29, 0.717) is 5.56 Å². The van der Waals surface area contributed by atoms with Crippen molar-refractivity contribution >= 4 is 17.6 Å². The Kier molecular flexibility index (Phi) is 6.12. The fourth-order valence-corrected chi connectivity index (χ4v) is 3.01. The quantitative estimate of drug-likeness (QED) is 0.629. The van der Waals surface area contributed by atoms with Crippen LogP contribution in [0.25, 0.3) is 5.69 Å². The number of amides is 1. The summed E-state index contributed by atoms with van der Waals surface area (Å²) in [6.45, 7) is 7.63. The van der Waals surface area contributed by atoms with Crippen LogP contribution in [0.4, 0.5) is 5.69 Å². The Morgan fingerprint density at radius 1 is 1.00 bits per heavy atom. The Morgan fingerprint density at radius 2 is 1.69 bits per heavy atom. The summed E-state index contributed by atoms with van der Waals surface area (Å²) in [6.07, 6.45) is 0.797. The molecule has 3 rings (SSSR count). The number of aryl methyl sites for hydroxylation is 1. The Labute approximate surface area is 170 Å². The van der Waals surface area contributed by atoms with E-state index in [4.69, 9.17) is 4.74 Å². The molecular formula is C23H25N3O3. The van der Waals surface area contributed by atoms with E-state index in [1.165, 1.54) is 0 Å². The fraction of sp³-hybridized carbons (Fsp3) is 0.261. The van der Waals surface area contributed by atoms with Crippen molar-refractivity contribution in [1.82, 2.24) is 9.78 Å². The number of hydrogen-bond acceptors (Lipinski definition) is 4. The van der Waals surface area contributed by atoms with Crippen LogP contribution in [0.1, 0.15) is 48.3 Å². The van der Waals surface area contributed by atoms with Gasteiger partial charge in [-0.05, 0) is 61.7 Å². The summed E-state index contributed by atoms with van der Waals surface area (Å²) in [5.74, 6) is -0.648. The molecule has 1 amide bonds. The first kappa shape index (κ1) is 20.3. The molecule has 1 aromatic heterocycles. The lowest BCUT2D eigenvalue weighted by Gasteiger charge is -2.17. The fourth-order valence-electron chi connectivity index (χ4n) is 3.01. The molecule has 3 aromatic rings. The van der Waals surface area contributed by atoms with Gasteiger partial charge in [0.05, 0.1) is 11.3 Å². The maximum atomic E-state index is 12.5. The molecule has 0 saturated heterocycles. The van der Waals surface area contributed by atoms with E-state index >= 15 is 0 Å². The van der Waals surface area contributed by atoms with Crippen LogP contribution < -0.4 is 5.32 Å². The lowest BCUT2D eigenvalue weighted by atomic mass is 10.0. The number of rotatable bonds is 6. The number of nitrogens with one attached hydrogen (secondary N) is 1. The molecule has 6 nitrogen and oxygen atoms in total. The van der Waals surface area contributed by atoms with Crippen LogP contribution in [0.5, 0.6) is 0 Å². The highest BCUT2D eigenvalue weighted by Crippen LogP contribution is 2.24. The second kappa shape index (κ2) is 8.73. The molecule has 0 bridgehead atoms. The van der Waals surface area contributed by atoms with Crippen LogP contribution in [-0.4, -0.2) is 27.8 Å². The van der Waals surface area contributed by atoms with Gasteiger partial charge in [-0.3, -0.25) is 4.79 Å². The maximum absolute atomic E-state index is 12.5. The van der Waals surface area contributed by atoms with Gasteiger partial charge in [0, 0.05) is 17.6 Å². The summed E-state index contributed by atoms with van der Waals surface area (Å²) in [4.78, 5) is 24.9. The van der Waals surface area contributed by atoms with E-state index in [1.54, 1.807) is 42.1 Å². The van der Waals surface area contributed by atoms with Crippen molar-refractivity contribution in [3.63, 3.8) is 0 Å². The minimum absolute atomic E-state index is 0.265. The Morgan fingerprint density at radius 3 is 2.31 bits per heavy atom. The maximum Gasteiger partial charge on any atom is 0.338 e. The highest BCUT2D eigenvalue weighted by Gasteiger charge is 2.20. The molecule has 0 unspecified atom stereocenters. The molecule has 2 aromatic carbocycles. The minimum atomic E-state index is -0.921. The van der Waals surface area contributed by atoms with E-state index in [2.05, 4.69) is 24.3 Å². The summed E-state index contributed by atoms with van der Waals surface area (Å²) in [7, 11) is 0. The first-order valence-corrected chi connectivity index (χ1v) is 9.58. The monoisotopic (exact) mass is 391 g/mol. The molecule has 150 valence electrons. The topological polar surface area (TPSA) is 73.2 Å². The number of anilines is 1. The molecule has 0 aliphatic carbocycles. The number of ether oxygens (including phenoxy) is 1. The van der Waals surface area contributed by atoms with Crippen molar-refractivity contribution < 1.29 is 14.3 Å². The van der Waals surface area contributed by atoms with E-state index in [0.717, 1.165) is 22.6 Å². The average molecular weight is 391 g/mol. The standard InChI is InChI=1S/C23H25N3O3/c1-15(2)20-7-5-6-8-21(20)25-22(27)17(4)29-23(28)18-9-11-19(12-10-18)26-16(3)13-14-24-26/h5-15,17H,1-4H3,(H,25,27)/t17-/m1/s1. The van der Waals surface area contributed by atoms with Crippen molar-refractivity contribution in [1.29, 1.82) is 0 Å². The number of nitrogens with zero attached hydrogens (tertiary/aromatic N) is 2. The Balaban J connectivity index is 1.64. The smallest absolute Gasteiger partial charge is 0.338 e. The number of benzene rings is 2. The highest BCUT2D eigenvalue weighted by atomic mass is 16.5. The van der Waals surface area contributed by atoms with Crippen LogP contribution in [0.3, 0.4) is 0 Å². The second-order valence-corrected chi connectivity index (χ2v) is 7.21. The van der Waals surface area contributed by atoms with Crippen LogP contribution in [0.2, 0.25) is 0 Å². The van der Waals surface area contributed by atoms with Gasteiger partial charge in [0.25, 0.3) is 5.91 Å². The van der Waals surface area contributed by atoms with Gasteiger partial charge in [0.15, 0.2) is 6.10 Å². The summed E-state index contributed by atoms with van der Waals surface area (Å²) < 4.78 is 7.13. The molecule has 0 aliphatic rings. The van der Waals surface area contributed by atoms with Crippen molar-refractivity contribution in [2.45, 2.75) is 39.7 Å². The molecule has 0 saturated carbocycles. The normalized spacial score (nSPS) is 11.9. The molecule has 0 spiro atoms. The molecule has 29 heavy (non-hydrogen) atoms. The van der Waals surface area contributed by atoms with Crippen LogP contribution >= 0.6 is 0 Å². The highest BCUT2D eigenvalue weighted by molar-refractivity contribution is 5.97. The summed E-state index contributed by atoms with van der Waals surface area (Å²) in [5, 5.41) is 7.09. The van der Waals surface area contributed by atoms with Crippen molar-refractivity contribution in [2.24, 2.45) is 0 Å². The van der Waals surface area contributed by atoms with Gasteiger partial charge in [0.1, 0.15) is 0 Å². The lowest BCUT2D eigenvalue weighted by Crippen LogP contribution is -2.30. The van der Waals surface area contributed by atoms with Crippen LogP contribution in [-0.2, 0) is 9.53 Å². The number of hydrogen-bond donors (Lipinski definition) is 1. The number of carbonyl (C=O) groups excluding carboxylic acids is 2. The van der Waals surface area contributed by atoms with Gasteiger partial charge < -0.3 is 10.1 Å². The summed E-state index contributed by atoms with van der Waals surface area (Å²) in [5.41, 5.74) is 3.98. The van der Waals surface area contributed by atoms with Gasteiger partial charge >= 0.3 is 5.97 Å². The Hall–Kier alpha value is -3.41. The third-order valence-corrected chi connectivity index (χ3v) is 4.67. The third kappa shape index (κ3) is 4.71. The van der Waals surface area contributed by atoms with E-state index in [9.17, 15) is 9.59 Å². The van der Waals surface area contributed by atoms with Crippen LogP contribution in [0.15, 0.2) is 60.8 Å². The number of esters is 1. The molecular weight excluding hydrogens is 366 g/mol. The summed E-state index contributed by atoms with van der Waals surface area (Å²) >= 11 is 0. The zero-order valence-electron chi connectivity index (χ0n) is 17.0. The van der Waals surface area contributed by atoms with Gasteiger partial charge in [0.2, 0.25) is 0 Å². The predicted molar refractivity (Wildman–Crippen MR) is 112 cm³/mol. The van der Waals surface area contributed by atoms with Crippen molar-refractivity contribution in [3.8, 4) is 5.69 Å². The van der Waals surface area contributed by atoms with Crippen molar-refractivity contribution in [3.05, 3.63) is 77.6 Å². The van der Waals surface area contributed by atoms with E-state index in [-0.39, 0.29) is 11.8 Å². The molecule has 0 fully saturated rings. The van der Waals surface area contributed by atoms with Gasteiger partial charge in [-0.25, -0.2) is 9.48 Å². The molecule has 1 N–H and O–H groups in total. The number of aromatic nitrogens is 2. The molecule has 1 atom stereocenters. The van der Waals surface area contributed by atoms with Gasteiger partial charge in [-0.15, -0.1) is 0 Å². The third-order valence-electron chi connectivity index (χ3n) is 4.67. The number of para-hydroxylation sites is 1. The SMILES string of the molecule is Cc1ccnn1-c1ccc(C(=O)O[C@H](C)C(=O)Nc2ccccc2C(C)C)cc1. The minimum Gasteiger partial charge on any atom is -0.449 e. The zero-order chi connectivity index (χ0) is 21.0. The Bertz CT molecular complexity index is 1010. The molecule has 0 aliphatic heterocycles. The van der Waals surface area contributed by atoms with E-state index in [1.807, 2.05) is 37.3 Å². The largest absolute Gasteiger partial charge is 0.449 e.